The average Bonchev–Trinajstić information content (AvgIpc) is 2.58. The first-order chi connectivity index (χ1) is 5.77. The fourth-order valence-electron chi connectivity index (χ4n) is 1.28. The molecule has 1 aliphatic rings. The van der Waals surface area contributed by atoms with Gasteiger partial charge in [0, 0.05) is 6.20 Å². The highest BCUT2D eigenvalue weighted by atomic mass is 35.5. The van der Waals surface area contributed by atoms with Gasteiger partial charge in [-0.2, -0.15) is 5.10 Å². The van der Waals surface area contributed by atoms with Crippen molar-refractivity contribution in [1.82, 2.24) is 9.78 Å². The van der Waals surface area contributed by atoms with E-state index >= 15 is 0 Å². The molecule has 2 atom stereocenters. The highest BCUT2D eigenvalue weighted by Gasteiger charge is 2.28. The van der Waals surface area contributed by atoms with Gasteiger partial charge >= 0.3 is 0 Å². The van der Waals surface area contributed by atoms with Gasteiger partial charge in [-0.05, 0) is 0 Å². The molecule has 5 heteroatoms. The van der Waals surface area contributed by atoms with E-state index in [-0.39, 0.29) is 6.04 Å². The molecular weight excluding hydrogens is 180 g/mol. The Hall–Kier alpha value is -0.580. The van der Waals surface area contributed by atoms with Crippen molar-refractivity contribution in [1.29, 1.82) is 0 Å². The Bertz CT molecular complexity index is 276. The first-order valence-electron chi connectivity index (χ1n) is 3.73. The predicted molar refractivity (Wildman–Crippen MR) is 43.1 cm³/mol. The Labute approximate surface area is 74.7 Å². The molecule has 2 unspecified atom stereocenters. The topological polar surface area (TPSA) is 47.3 Å². The van der Waals surface area contributed by atoms with E-state index in [1.807, 2.05) is 0 Å². The molecule has 0 aromatic carbocycles. The molecule has 0 spiro atoms. The van der Waals surface area contributed by atoms with Crippen molar-refractivity contribution in [3.8, 4) is 0 Å². The van der Waals surface area contributed by atoms with E-state index in [4.69, 9.17) is 16.3 Å². The zero-order chi connectivity index (χ0) is 8.55. The summed E-state index contributed by atoms with van der Waals surface area (Å²) in [5.41, 5.74) is 0. The highest BCUT2D eigenvalue weighted by molar-refractivity contribution is 6.30. The van der Waals surface area contributed by atoms with Crippen molar-refractivity contribution >= 4 is 11.6 Å². The molecule has 1 aromatic rings. The quantitative estimate of drug-likeness (QED) is 0.697. The lowest BCUT2D eigenvalue weighted by Crippen LogP contribution is -2.22. The van der Waals surface area contributed by atoms with E-state index in [0.717, 1.165) is 0 Å². The van der Waals surface area contributed by atoms with E-state index in [1.54, 1.807) is 17.1 Å². The van der Waals surface area contributed by atoms with Crippen LogP contribution in [0.4, 0.5) is 0 Å². The summed E-state index contributed by atoms with van der Waals surface area (Å²) in [5, 5.41) is 14.0. The first-order valence-corrected chi connectivity index (χ1v) is 4.10. The predicted octanol–water partition coefficient (Wildman–Crippen LogP) is 0.469. The Kier molecular flexibility index (Phi) is 2.04. The number of hydrogen-bond acceptors (Lipinski definition) is 3. The maximum absolute atomic E-state index is 9.42. The molecule has 2 rings (SSSR count). The van der Waals surface area contributed by atoms with Crippen LogP contribution in [-0.4, -0.2) is 34.2 Å². The number of rotatable bonds is 1. The number of aliphatic hydroxyl groups is 1. The Balaban J connectivity index is 2.19. The van der Waals surface area contributed by atoms with Gasteiger partial charge in [0.05, 0.1) is 24.4 Å². The lowest BCUT2D eigenvalue weighted by molar-refractivity contribution is 0.118. The van der Waals surface area contributed by atoms with E-state index in [9.17, 15) is 5.11 Å². The zero-order valence-electron chi connectivity index (χ0n) is 6.35. The van der Waals surface area contributed by atoms with Crippen LogP contribution in [0, 0.1) is 0 Å². The third-order valence-electron chi connectivity index (χ3n) is 1.93. The number of aliphatic hydroxyl groups excluding tert-OH is 1. The van der Waals surface area contributed by atoms with Crippen molar-refractivity contribution in [3.05, 3.63) is 17.4 Å². The minimum atomic E-state index is -0.471. The van der Waals surface area contributed by atoms with Gasteiger partial charge in [0.15, 0.2) is 0 Å². The number of halogens is 1. The van der Waals surface area contributed by atoms with Gasteiger partial charge in [0.2, 0.25) is 0 Å². The molecule has 0 amide bonds. The molecule has 4 nitrogen and oxygen atoms in total. The Morgan fingerprint density at radius 1 is 1.67 bits per heavy atom. The first kappa shape index (κ1) is 8.04. The lowest BCUT2D eigenvalue weighted by Gasteiger charge is -2.11. The summed E-state index contributed by atoms with van der Waals surface area (Å²) in [6.45, 7) is 0.876. The molecule has 1 aliphatic heterocycles. The number of hydrogen-bond donors (Lipinski definition) is 1. The standard InChI is InChI=1S/C7H9ClN2O2/c8-5-1-9-10(2-5)6-3-12-4-7(6)11/h1-2,6-7,11H,3-4H2. The van der Waals surface area contributed by atoms with Crippen LogP contribution >= 0.6 is 11.6 Å². The van der Waals surface area contributed by atoms with E-state index < -0.39 is 6.10 Å². The fraction of sp³-hybridized carbons (Fsp3) is 0.571. The molecular formula is C7H9ClN2O2. The summed E-state index contributed by atoms with van der Waals surface area (Å²) in [6, 6.07) is -0.0856. The van der Waals surface area contributed by atoms with Gasteiger partial charge in [-0.15, -0.1) is 0 Å². The summed E-state index contributed by atoms with van der Waals surface area (Å²) in [7, 11) is 0. The molecule has 12 heavy (non-hydrogen) atoms. The van der Waals surface area contributed by atoms with Crippen LogP contribution in [0.1, 0.15) is 6.04 Å². The SMILES string of the molecule is OC1COCC1n1cc(Cl)cn1. The average molecular weight is 189 g/mol. The van der Waals surface area contributed by atoms with E-state index in [2.05, 4.69) is 5.10 Å². The third-order valence-corrected chi connectivity index (χ3v) is 2.13. The van der Waals surface area contributed by atoms with Gasteiger partial charge in [-0.1, -0.05) is 11.6 Å². The monoisotopic (exact) mass is 188 g/mol. The number of aromatic nitrogens is 2. The summed E-state index contributed by atoms with van der Waals surface area (Å²) >= 11 is 5.68. The van der Waals surface area contributed by atoms with Crippen LogP contribution in [0.25, 0.3) is 0 Å². The summed E-state index contributed by atoms with van der Waals surface area (Å²) in [5.74, 6) is 0. The van der Waals surface area contributed by atoms with Crippen LogP contribution in [-0.2, 0) is 4.74 Å². The molecule has 0 bridgehead atoms. The van der Waals surface area contributed by atoms with Gasteiger partial charge in [0.1, 0.15) is 12.1 Å². The normalized spacial score (nSPS) is 29.5. The summed E-state index contributed by atoms with van der Waals surface area (Å²) in [4.78, 5) is 0. The molecule has 1 N–H and O–H groups in total. The molecule has 1 saturated heterocycles. The highest BCUT2D eigenvalue weighted by Crippen LogP contribution is 2.20. The van der Waals surface area contributed by atoms with Gasteiger partial charge in [-0.25, -0.2) is 0 Å². The van der Waals surface area contributed by atoms with Crippen molar-refractivity contribution < 1.29 is 9.84 Å². The molecule has 1 aromatic heterocycles. The summed E-state index contributed by atoms with van der Waals surface area (Å²) in [6.07, 6.45) is 2.76. The molecule has 0 aliphatic carbocycles. The molecule has 2 heterocycles. The Morgan fingerprint density at radius 2 is 2.50 bits per heavy atom. The van der Waals surface area contributed by atoms with Gasteiger partial charge < -0.3 is 9.84 Å². The van der Waals surface area contributed by atoms with Crippen LogP contribution in [0.3, 0.4) is 0 Å². The maximum Gasteiger partial charge on any atom is 0.103 e. The summed E-state index contributed by atoms with van der Waals surface area (Å²) < 4.78 is 6.72. The fourth-order valence-corrected chi connectivity index (χ4v) is 1.42. The lowest BCUT2D eigenvalue weighted by atomic mass is 10.2. The number of nitrogens with zero attached hydrogens (tertiary/aromatic N) is 2. The molecule has 66 valence electrons. The van der Waals surface area contributed by atoms with E-state index in [0.29, 0.717) is 18.2 Å². The third kappa shape index (κ3) is 1.33. The largest absolute Gasteiger partial charge is 0.388 e. The second-order valence-corrected chi connectivity index (χ2v) is 3.25. The van der Waals surface area contributed by atoms with Gasteiger partial charge in [0.25, 0.3) is 0 Å². The minimum Gasteiger partial charge on any atom is -0.388 e. The zero-order valence-corrected chi connectivity index (χ0v) is 7.11. The molecule has 1 fully saturated rings. The Morgan fingerprint density at radius 3 is 3.00 bits per heavy atom. The van der Waals surface area contributed by atoms with Crippen LogP contribution < -0.4 is 0 Å². The van der Waals surface area contributed by atoms with Crippen molar-refractivity contribution in [3.63, 3.8) is 0 Å². The molecule has 0 radical (unpaired) electrons. The number of ether oxygens (including phenoxy) is 1. The van der Waals surface area contributed by atoms with Gasteiger partial charge in [-0.3, -0.25) is 4.68 Å². The maximum atomic E-state index is 9.42. The van der Waals surface area contributed by atoms with Crippen molar-refractivity contribution in [2.75, 3.05) is 13.2 Å². The van der Waals surface area contributed by atoms with Crippen molar-refractivity contribution in [2.24, 2.45) is 0 Å². The second kappa shape index (κ2) is 3.05. The minimum absolute atomic E-state index is 0.0856. The molecule has 0 saturated carbocycles. The van der Waals surface area contributed by atoms with Crippen LogP contribution in [0.5, 0.6) is 0 Å². The second-order valence-electron chi connectivity index (χ2n) is 2.81. The van der Waals surface area contributed by atoms with Crippen molar-refractivity contribution in [2.45, 2.75) is 12.1 Å². The smallest absolute Gasteiger partial charge is 0.103 e. The van der Waals surface area contributed by atoms with Crippen LogP contribution in [0.15, 0.2) is 12.4 Å². The van der Waals surface area contributed by atoms with E-state index in [1.165, 1.54) is 0 Å². The van der Waals surface area contributed by atoms with Crippen LogP contribution in [0.2, 0.25) is 5.02 Å².